The van der Waals surface area contributed by atoms with E-state index in [-0.39, 0.29) is 0 Å². The number of hydrogen-bond donors (Lipinski definition) is 0. The lowest BCUT2D eigenvalue weighted by molar-refractivity contribution is 0.0425. The van der Waals surface area contributed by atoms with Crippen LogP contribution < -0.4 is 0 Å². The third-order valence-electron chi connectivity index (χ3n) is 1.84. The Morgan fingerprint density at radius 1 is 1.00 bits per heavy atom. The van der Waals surface area contributed by atoms with Crippen molar-refractivity contribution in [2.24, 2.45) is 0 Å². The Balaban J connectivity index is 1.96. The average molecular weight is 205 g/mol. The summed E-state index contributed by atoms with van der Waals surface area (Å²) in [4.78, 5) is 0. The number of nitriles is 1. The summed E-state index contributed by atoms with van der Waals surface area (Å²) in [5.74, 6) is 0. The summed E-state index contributed by atoms with van der Waals surface area (Å²) in [6.45, 7) is 2.22. The molecule has 0 heterocycles. The van der Waals surface area contributed by atoms with E-state index in [2.05, 4.69) is 0 Å². The third kappa shape index (κ3) is 5.84. The van der Waals surface area contributed by atoms with Crippen molar-refractivity contribution in [1.82, 2.24) is 0 Å². The summed E-state index contributed by atoms with van der Waals surface area (Å²) in [6, 6.07) is 12.0. The Morgan fingerprint density at radius 3 is 2.47 bits per heavy atom. The van der Waals surface area contributed by atoms with Crippen LogP contribution in [0.25, 0.3) is 0 Å². The van der Waals surface area contributed by atoms with Crippen LogP contribution >= 0.6 is 0 Å². The fourth-order valence-corrected chi connectivity index (χ4v) is 1.10. The standard InChI is InChI=1S/C12H15NO2/c13-7-4-8-14-9-10-15-11-12-5-2-1-3-6-12/h1-3,5-6H,4,8-11H2. The maximum absolute atomic E-state index is 8.26. The molecule has 1 aromatic carbocycles. The fourth-order valence-electron chi connectivity index (χ4n) is 1.10. The second-order valence-corrected chi connectivity index (χ2v) is 3.06. The molecule has 0 spiro atoms. The minimum atomic E-state index is 0.443. The zero-order chi connectivity index (χ0) is 10.8. The Labute approximate surface area is 90.2 Å². The van der Waals surface area contributed by atoms with Crippen LogP contribution in [0.4, 0.5) is 0 Å². The Bertz CT molecular complexity index is 292. The molecule has 0 saturated heterocycles. The molecule has 1 aromatic rings. The largest absolute Gasteiger partial charge is 0.378 e. The molecule has 0 amide bonds. The second kappa shape index (κ2) is 7.98. The van der Waals surface area contributed by atoms with Gasteiger partial charge >= 0.3 is 0 Å². The predicted octanol–water partition coefficient (Wildman–Crippen LogP) is 2.13. The van der Waals surface area contributed by atoms with Crippen LogP contribution in [-0.4, -0.2) is 19.8 Å². The van der Waals surface area contributed by atoms with Crippen LogP contribution in [0.15, 0.2) is 30.3 Å². The molecule has 3 nitrogen and oxygen atoms in total. The maximum Gasteiger partial charge on any atom is 0.0718 e. The Morgan fingerprint density at radius 2 is 1.73 bits per heavy atom. The summed E-state index contributed by atoms with van der Waals surface area (Å²) >= 11 is 0. The van der Waals surface area contributed by atoms with Crippen molar-refractivity contribution in [3.05, 3.63) is 35.9 Å². The molecule has 0 fully saturated rings. The highest BCUT2D eigenvalue weighted by atomic mass is 16.5. The van der Waals surface area contributed by atoms with Gasteiger partial charge in [-0.1, -0.05) is 30.3 Å². The molecule has 0 aliphatic heterocycles. The van der Waals surface area contributed by atoms with E-state index in [0.29, 0.717) is 32.8 Å². The first kappa shape index (κ1) is 11.7. The highest BCUT2D eigenvalue weighted by molar-refractivity contribution is 5.13. The molecule has 0 radical (unpaired) electrons. The number of nitrogens with zero attached hydrogens (tertiary/aromatic N) is 1. The zero-order valence-electron chi connectivity index (χ0n) is 8.69. The van der Waals surface area contributed by atoms with Gasteiger partial charge in [0.25, 0.3) is 0 Å². The summed E-state index contributed by atoms with van der Waals surface area (Å²) in [5.41, 5.74) is 1.16. The lowest BCUT2D eigenvalue weighted by Crippen LogP contribution is -2.04. The lowest BCUT2D eigenvalue weighted by Gasteiger charge is -2.04. The van der Waals surface area contributed by atoms with E-state index in [4.69, 9.17) is 14.7 Å². The van der Waals surface area contributed by atoms with Gasteiger partial charge in [0.2, 0.25) is 0 Å². The van der Waals surface area contributed by atoms with Gasteiger partial charge in [-0.25, -0.2) is 0 Å². The molecule has 0 N–H and O–H groups in total. The Kier molecular flexibility index (Phi) is 6.23. The molecule has 0 aliphatic carbocycles. The van der Waals surface area contributed by atoms with Gasteiger partial charge in [-0.05, 0) is 5.56 Å². The first-order valence-electron chi connectivity index (χ1n) is 5.00. The first-order valence-corrected chi connectivity index (χ1v) is 5.00. The lowest BCUT2D eigenvalue weighted by atomic mass is 10.2. The highest BCUT2D eigenvalue weighted by Gasteiger charge is 1.92. The average Bonchev–Trinajstić information content (AvgIpc) is 2.29. The van der Waals surface area contributed by atoms with Gasteiger partial charge in [-0.2, -0.15) is 5.26 Å². The molecule has 0 atom stereocenters. The van der Waals surface area contributed by atoms with Gasteiger partial charge in [-0.15, -0.1) is 0 Å². The number of rotatable bonds is 7. The maximum atomic E-state index is 8.26. The van der Waals surface area contributed by atoms with Gasteiger partial charge < -0.3 is 9.47 Å². The smallest absolute Gasteiger partial charge is 0.0718 e. The first-order chi connectivity index (χ1) is 7.43. The van der Waals surface area contributed by atoms with E-state index in [1.165, 1.54) is 0 Å². The van der Waals surface area contributed by atoms with E-state index in [9.17, 15) is 0 Å². The molecular weight excluding hydrogens is 190 g/mol. The normalized spacial score (nSPS) is 9.80. The summed E-state index contributed by atoms with van der Waals surface area (Å²) in [5, 5.41) is 8.26. The van der Waals surface area contributed by atoms with Crippen molar-refractivity contribution in [2.75, 3.05) is 19.8 Å². The summed E-state index contributed by atoms with van der Waals surface area (Å²) < 4.78 is 10.6. The molecule has 0 aromatic heterocycles. The minimum absolute atomic E-state index is 0.443. The van der Waals surface area contributed by atoms with Crippen LogP contribution in [-0.2, 0) is 16.1 Å². The molecule has 3 heteroatoms. The molecule has 0 aliphatic rings. The van der Waals surface area contributed by atoms with Crippen LogP contribution in [0.3, 0.4) is 0 Å². The van der Waals surface area contributed by atoms with Crippen molar-refractivity contribution in [3.8, 4) is 6.07 Å². The van der Waals surface area contributed by atoms with Crippen LogP contribution in [0, 0.1) is 11.3 Å². The van der Waals surface area contributed by atoms with Crippen molar-refractivity contribution < 1.29 is 9.47 Å². The quantitative estimate of drug-likeness (QED) is 0.640. The topological polar surface area (TPSA) is 42.2 Å². The Hall–Kier alpha value is -1.37. The van der Waals surface area contributed by atoms with E-state index in [0.717, 1.165) is 5.56 Å². The van der Waals surface area contributed by atoms with Crippen LogP contribution in [0.5, 0.6) is 0 Å². The van der Waals surface area contributed by atoms with Gasteiger partial charge in [0.15, 0.2) is 0 Å². The predicted molar refractivity (Wildman–Crippen MR) is 57.1 cm³/mol. The van der Waals surface area contributed by atoms with Gasteiger partial charge in [0.05, 0.1) is 38.9 Å². The van der Waals surface area contributed by atoms with Gasteiger partial charge in [0, 0.05) is 0 Å². The fraction of sp³-hybridized carbons (Fsp3) is 0.417. The minimum Gasteiger partial charge on any atom is -0.378 e. The molecule has 80 valence electrons. The molecule has 0 bridgehead atoms. The number of ether oxygens (including phenoxy) is 2. The van der Waals surface area contributed by atoms with Crippen molar-refractivity contribution in [2.45, 2.75) is 13.0 Å². The van der Waals surface area contributed by atoms with E-state index in [1.807, 2.05) is 36.4 Å². The monoisotopic (exact) mass is 205 g/mol. The molecule has 0 unspecified atom stereocenters. The number of benzene rings is 1. The van der Waals surface area contributed by atoms with Crippen LogP contribution in [0.1, 0.15) is 12.0 Å². The zero-order valence-corrected chi connectivity index (χ0v) is 8.69. The third-order valence-corrected chi connectivity index (χ3v) is 1.84. The highest BCUT2D eigenvalue weighted by Crippen LogP contribution is 1.99. The van der Waals surface area contributed by atoms with Crippen molar-refractivity contribution in [1.29, 1.82) is 5.26 Å². The molecule has 1 rings (SSSR count). The van der Waals surface area contributed by atoms with Crippen molar-refractivity contribution >= 4 is 0 Å². The molecule has 15 heavy (non-hydrogen) atoms. The second-order valence-electron chi connectivity index (χ2n) is 3.06. The van der Waals surface area contributed by atoms with E-state index < -0.39 is 0 Å². The molecule has 0 saturated carbocycles. The molecular formula is C12H15NO2. The van der Waals surface area contributed by atoms with Crippen molar-refractivity contribution in [3.63, 3.8) is 0 Å². The van der Waals surface area contributed by atoms with Gasteiger partial charge in [-0.3, -0.25) is 0 Å². The van der Waals surface area contributed by atoms with Gasteiger partial charge in [0.1, 0.15) is 0 Å². The summed E-state index contributed by atoms with van der Waals surface area (Å²) in [7, 11) is 0. The number of hydrogen-bond acceptors (Lipinski definition) is 3. The van der Waals surface area contributed by atoms with E-state index >= 15 is 0 Å². The van der Waals surface area contributed by atoms with Crippen LogP contribution in [0.2, 0.25) is 0 Å². The SMILES string of the molecule is N#CCCOCCOCc1ccccc1. The van der Waals surface area contributed by atoms with E-state index in [1.54, 1.807) is 0 Å². The summed E-state index contributed by atoms with van der Waals surface area (Å²) in [6.07, 6.45) is 0.443.